The van der Waals surface area contributed by atoms with Gasteiger partial charge in [-0.3, -0.25) is 13.9 Å². The van der Waals surface area contributed by atoms with Crippen molar-refractivity contribution in [1.29, 1.82) is 0 Å². The molecular weight excluding hydrogens is 590 g/mol. The zero-order chi connectivity index (χ0) is 30.3. The Kier molecular flexibility index (Phi) is 11.0. The van der Waals surface area contributed by atoms with E-state index in [9.17, 15) is 18.0 Å². The van der Waals surface area contributed by atoms with Crippen molar-refractivity contribution in [2.24, 2.45) is 0 Å². The van der Waals surface area contributed by atoms with E-state index >= 15 is 0 Å². The molecule has 1 aliphatic carbocycles. The van der Waals surface area contributed by atoms with Gasteiger partial charge >= 0.3 is 0 Å². The van der Waals surface area contributed by atoms with Crippen LogP contribution in [0, 0.1) is 6.92 Å². The SMILES string of the molecule is CC[C@H](C(=O)NC1CCCC1)N(Cc1ccc(Cl)cc1)C(=O)CN(c1ccc(C)cc1)S(=O)(=O)c1ccc(SC)cc1. The van der Waals surface area contributed by atoms with Crippen molar-refractivity contribution in [3.63, 3.8) is 0 Å². The summed E-state index contributed by atoms with van der Waals surface area (Å²) in [7, 11) is -4.11. The monoisotopic (exact) mass is 627 g/mol. The van der Waals surface area contributed by atoms with Crippen molar-refractivity contribution in [3.05, 3.63) is 88.9 Å². The maximum atomic E-state index is 14.2. The molecule has 1 N–H and O–H groups in total. The van der Waals surface area contributed by atoms with Gasteiger partial charge in [0, 0.05) is 22.5 Å². The molecule has 4 rings (SSSR count). The van der Waals surface area contributed by atoms with Gasteiger partial charge in [0.1, 0.15) is 12.6 Å². The van der Waals surface area contributed by atoms with E-state index in [-0.39, 0.29) is 23.4 Å². The second kappa shape index (κ2) is 14.4. The molecule has 0 radical (unpaired) electrons. The third-order valence-electron chi connectivity index (χ3n) is 7.60. The fourth-order valence-electron chi connectivity index (χ4n) is 5.19. The minimum atomic E-state index is -4.11. The normalized spacial score (nSPS) is 14.4. The summed E-state index contributed by atoms with van der Waals surface area (Å²) in [5.41, 5.74) is 2.13. The first-order valence-corrected chi connectivity index (χ1v) is 17.2. The standard InChI is InChI=1S/C32H38ClN3O4S2/c1-4-30(32(38)34-26-7-5-6-8-26)35(21-24-11-13-25(33)14-12-24)31(37)22-36(27-15-9-23(2)10-16-27)42(39,40)29-19-17-28(41-3)18-20-29/h9-20,26,30H,4-8,21-22H2,1-3H3,(H,34,38)/t30-/m1/s1. The molecule has 224 valence electrons. The number of hydrogen-bond donors (Lipinski definition) is 1. The third kappa shape index (κ3) is 7.88. The molecule has 3 aromatic rings. The Hall–Kier alpha value is -3.01. The minimum Gasteiger partial charge on any atom is -0.352 e. The molecule has 1 aliphatic rings. The van der Waals surface area contributed by atoms with E-state index < -0.39 is 28.5 Å². The van der Waals surface area contributed by atoms with Crippen molar-refractivity contribution >= 4 is 50.9 Å². The highest BCUT2D eigenvalue weighted by atomic mass is 35.5. The van der Waals surface area contributed by atoms with E-state index in [0.717, 1.165) is 46.0 Å². The summed E-state index contributed by atoms with van der Waals surface area (Å²) in [6.45, 7) is 3.45. The van der Waals surface area contributed by atoms with Gasteiger partial charge in [-0.2, -0.15) is 0 Å². The number of benzene rings is 3. The first-order valence-electron chi connectivity index (χ1n) is 14.2. The van der Waals surface area contributed by atoms with Gasteiger partial charge in [-0.25, -0.2) is 8.42 Å². The number of carbonyl (C=O) groups excluding carboxylic acids is 2. The largest absolute Gasteiger partial charge is 0.352 e. The van der Waals surface area contributed by atoms with Crippen LogP contribution in [0.4, 0.5) is 5.69 Å². The number of hydrogen-bond acceptors (Lipinski definition) is 5. The number of aryl methyl sites for hydroxylation is 1. The summed E-state index contributed by atoms with van der Waals surface area (Å²) in [4.78, 5) is 30.2. The van der Waals surface area contributed by atoms with Crippen LogP contribution in [0.5, 0.6) is 0 Å². The molecule has 1 fully saturated rings. The number of nitrogens with one attached hydrogen (secondary N) is 1. The van der Waals surface area contributed by atoms with Gasteiger partial charge in [0.15, 0.2) is 0 Å². The van der Waals surface area contributed by atoms with Crippen LogP contribution in [0.15, 0.2) is 82.6 Å². The molecule has 2 amide bonds. The van der Waals surface area contributed by atoms with Crippen molar-refractivity contribution in [2.75, 3.05) is 17.1 Å². The highest BCUT2D eigenvalue weighted by molar-refractivity contribution is 7.98. The number of thioether (sulfide) groups is 1. The third-order valence-corrected chi connectivity index (χ3v) is 10.4. The van der Waals surface area contributed by atoms with E-state index in [0.29, 0.717) is 17.1 Å². The second-order valence-electron chi connectivity index (χ2n) is 10.6. The number of carbonyl (C=O) groups is 2. The molecule has 1 atom stereocenters. The molecule has 1 saturated carbocycles. The maximum Gasteiger partial charge on any atom is 0.264 e. The Morgan fingerprint density at radius 3 is 2.17 bits per heavy atom. The summed E-state index contributed by atoms with van der Waals surface area (Å²) < 4.78 is 29.2. The number of anilines is 1. The van der Waals surface area contributed by atoms with Crippen LogP contribution in [-0.4, -0.2) is 50.0 Å². The number of halogens is 1. The predicted octanol–water partition coefficient (Wildman–Crippen LogP) is 6.43. The molecule has 0 unspecified atom stereocenters. The van der Waals surface area contributed by atoms with E-state index in [4.69, 9.17) is 11.6 Å². The molecule has 0 heterocycles. The van der Waals surface area contributed by atoms with E-state index in [1.807, 2.05) is 44.4 Å². The van der Waals surface area contributed by atoms with Gasteiger partial charge < -0.3 is 10.2 Å². The van der Waals surface area contributed by atoms with Crippen LogP contribution in [0.1, 0.15) is 50.2 Å². The number of sulfonamides is 1. The smallest absolute Gasteiger partial charge is 0.264 e. The van der Waals surface area contributed by atoms with Crippen LogP contribution in [0.25, 0.3) is 0 Å². The molecule has 0 saturated heterocycles. The Morgan fingerprint density at radius 1 is 0.976 bits per heavy atom. The van der Waals surface area contributed by atoms with Gasteiger partial charge in [-0.1, -0.05) is 61.2 Å². The van der Waals surface area contributed by atoms with Crippen LogP contribution >= 0.6 is 23.4 Å². The first-order chi connectivity index (χ1) is 20.1. The predicted molar refractivity (Wildman–Crippen MR) is 170 cm³/mol. The Morgan fingerprint density at radius 2 is 1.60 bits per heavy atom. The summed E-state index contributed by atoms with van der Waals surface area (Å²) in [6.07, 6.45) is 6.27. The molecule has 0 aliphatic heterocycles. The van der Waals surface area contributed by atoms with Crippen molar-refractivity contribution < 1.29 is 18.0 Å². The van der Waals surface area contributed by atoms with Crippen LogP contribution in [0.3, 0.4) is 0 Å². The van der Waals surface area contributed by atoms with Crippen molar-refractivity contribution in [2.45, 2.75) is 74.4 Å². The Bertz CT molecular complexity index is 1460. The highest BCUT2D eigenvalue weighted by Crippen LogP contribution is 2.27. The van der Waals surface area contributed by atoms with Crippen LogP contribution in [-0.2, 0) is 26.2 Å². The Labute approximate surface area is 258 Å². The number of rotatable bonds is 12. The van der Waals surface area contributed by atoms with E-state index in [2.05, 4.69) is 5.32 Å². The topological polar surface area (TPSA) is 86.8 Å². The van der Waals surface area contributed by atoms with Gasteiger partial charge in [0.2, 0.25) is 11.8 Å². The quantitative estimate of drug-likeness (QED) is 0.234. The van der Waals surface area contributed by atoms with E-state index in [1.165, 1.54) is 16.7 Å². The van der Waals surface area contributed by atoms with Crippen LogP contribution < -0.4 is 9.62 Å². The zero-order valence-corrected chi connectivity index (χ0v) is 26.6. The fourth-order valence-corrected chi connectivity index (χ4v) is 7.14. The van der Waals surface area contributed by atoms with Gasteiger partial charge in [-0.15, -0.1) is 11.8 Å². The van der Waals surface area contributed by atoms with Gasteiger partial charge in [0.05, 0.1) is 10.6 Å². The van der Waals surface area contributed by atoms with Crippen molar-refractivity contribution in [3.8, 4) is 0 Å². The highest BCUT2D eigenvalue weighted by Gasteiger charge is 2.34. The molecule has 42 heavy (non-hydrogen) atoms. The molecule has 0 spiro atoms. The fraction of sp³-hybridized carbons (Fsp3) is 0.375. The van der Waals surface area contributed by atoms with E-state index in [1.54, 1.807) is 48.5 Å². The Balaban J connectivity index is 1.70. The molecule has 0 bridgehead atoms. The minimum absolute atomic E-state index is 0.0870. The van der Waals surface area contributed by atoms with Gasteiger partial charge in [-0.05, 0) is 86.5 Å². The lowest BCUT2D eigenvalue weighted by Crippen LogP contribution is -2.53. The molecule has 7 nitrogen and oxygen atoms in total. The molecule has 10 heteroatoms. The summed E-state index contributed by atoms with van der Waals surface area (Å²) in [6, 6.07) is 20.1. The molecule has 3 aromatic carbocycles. The van der Waals surface area contributed by atoms with Crippen LogP contribution in [0.2, 0.25) is 5.02 Å². The lowest BCUT2D eigenvalue weighted by Gasteiger charge is -2.33. The number of amides is 2. The first kappa shape index (κ1) is 31.9. The molecular formula is C32H38ClN3O4S2. The molecule has 0 aromatic heterocycles. The van der Waals surface area contributed by atoms with Crippen molar-refractivity contribution in [1.82, 2.24) is 10.2 Å². The average Bonchev–Trinajstić information content (AvgIpc) is 3.50. The lowest BCUT2D eigenvalue weighted by atomic mass is 10.1. The maximum absolute atomic E-state index is 14.2. The summed E-state index contributed by atoms with van der Waals surface area (Å²) in [5.74, 6) is -0.688. The van der Waals surface area contributed by atoms with Gasteiger partial charge in [0.25, 0.3) is 10.0 Å². The zero-order valence-electron chi connectivity index (χ0n) is 24.3. The lowest BCUT2D eigenvalue weighted by molar-refractivity contribution is -0.140. The second-order valence-corrected chi connectivity index (χ2v) is 13.8. The summed E-state index contributed by atoms with van der Waals surface area (Å²) >= 11 is 7.62. The number of nitrogens with zero attached hydrogens (tertiary/aromatic N) is 2. The summed E-state index contributed by atoms with van der Waals surface area (Å²) in [5, 5.41) is 3.69. The average molecular weight is 628 g/mol.